The third kappa shape index (κ3) is 5.25. The number of amides is 2. The second-order valence-corrected chi connectivity index (χ2v) is 12.9. The first-order valence-corrected chi connectivity index (χ1v) is 14.5. The van der Waals surface area contributed by atoms with E-state index in [1.54, 1.807) is 44.1 Å². The number of carbonyl (C=O) groups is 1. The van der Waals surface area contributed by atoms with Crippen molar-refractivity contribution in [1.82, 2.24) is 19.6 Å². The third-order valence-corrected chi connectivity index (χ3v) is 10.5. The number of benzene rings is 2. The van der Waals surface area contributed by atoms with Gasteiger partial charge in [-0.15, -0.1) is 0 Å². The Morgan fingerprint density at radius 3 is 2.31 bits per heavy atom. The molecule has 0 unspecified atom stereocenters. The molecule has 32 heavy (non-hydrogen) atoms. The Morgan fingerprint density at radius 2 is 1.78 bits per heavy atom. The van der Waals surface area contributed by atoms with Crippen LogP contribution in [0.4, 0.5) is 9.18 Å². The molecular formula is C23H31FIN5O2. The van der Waals surface area contributed by atoms with Crippen molar-refractivity contribution < 1.29 is 13.9 Å². The van der Waals surface area contributed by atoms with Crippen LogP contribution in [0.15, 0.2) is 47.5 Å². The predicted molar refractivity (Wildman–Crippen MR) is 134 cm³/mol. The fraction of sp³-hybridized carbons (Fsp3) is 0.391. The number of halogens is 2. The van der Waals surface area contributed by atoms with Crippen LogP contribution in [-0.2, 0) is 6.54 Å². The SMILES string of the molecule is CN=C(N(C)Cc1ccc(I(C)c2ccc(OC)cc2)c(F)c1)N1CN(C)C(=O)N(C)C1. The van der Waals surface area contributed by atoms with Crippen LogP contribution in [0.3, 0.4) is 0 Å². The number of urea groups is 1. The van der Waals surface area contributed by atoms with Crippen molar-refractivity contribution >= 4 is 31.8 Å². The van der Waals surface area contributed by atoms with E-state index in [2.05, 4.69) is 9.92 Å². The minimum absolute atomic E-state index is 0.0207. The Morgan fingerprint density at radius 1 is 1.16 bits per heavy atom. The number of hydrogen-bond acceptors (Lipinski definition) is 3. The first-order chi connectivity index (χ1) is 15.2. The third-order valence-electron chi connectivity index (χ3n) is 5.33. The minimum atomic E-state index is -1.83. The summed E-state index contributed by atoms with van der Waals surface area (Å²) < 4.78 is 22.3. The summed E-state index contributed by atoms with van der Waals surface area (Å²) in [7, 11) is 8.83. The zero-order chi connectivity index (χ0) is 23.4. The Bertz CT molecular complexity index is 971. The van der Waals surface area contributed by atoms with Gasteiger partial charge in [0.25, 0.3) is 0 Å². The zero-order valence-electron chi connectivity index (χ0n) is 19.5. The Balaban J connectivity index is 1.72. The van der Waals surface area contributed by atoms with Gasteiger partial charge in [-0.25, -0.2) is 0 Å². The van der Waals surface area contributed by atoms with Crippen LogP contribution in [0, 0.1) is 13.0 Å². The van der Waals surface area contributed by atoms with Gasteiger partial charge in [0.2, 0.25) is 0 Å². The summed E-state index contributed by atoms with van der Waals surface area (Å²) >= 11 is -1.83. The number of aliphatic imine (C=N–C) groups is 1. The first kappa shape index (κ1) is 24.1. The molecule has 1 aliphatic rings. The van der Waals surface area contributed by atoms with E-state index in [0.717, 1.165) is 20.8 Å². The summed E-state index contributed by atoms with van der Waals surface area (Å²) in [5.74, 6) is 1.40. The summed E-state index contributed by atoms with van der Waals surface area (Å²) in [5, 5.41) is 0. The van der Waals surface area contributed by atoms with Crippen molar-refractivity contribution in [2.45, 2.75) is 6.54 Å². The zero-order valence-corrected chi connectivity index (χ0v) is 21.6. The number of methoxy groups -OCH3 is 1. The van der Waals surface area contributed by atoms with Crippen molar-refractivity contribution in [3.8, 4) is 5.75 Å². The van der Waals surface area contributed by atoms with Gasteiger partial charge < -0.3 is 0 Å². The number of hydrogen-bond donors (Lipinski definition) is 0. The molecule has 2 aromatic rings. The van der Waals surface area contributed by atoms with Gasteiger partial charge in [-0.05, 0) is 0 Å². The molecule has 0 N–H and O–H groups in total. The quantitative estimate of drug-likeness (QED) is 0.245. The van der Waals surface area contributed by atoms with Crippen molar-refractivity contribution in [3.63, 3.8) is 0 Å². The second-order valence-electron chi connectivity index (χ2n) is 7.76. The normalized spacial score (nSPS) is 15.2. The van der Waals surface area contributed by atoms with Crippen molar-refractivity contribution in [1.29, 1.82) is 0 Å². The fourth-order valence-corrected chi connectivity index (χ4v) is 7.50. The molecule has 0 aromatic heterocycles. The van der Waals surface area contributed by atoms with Crippen molar-refractivity contribution in [3.05, 3.63) is 61.0 Å². The summed E-state index contributed by atoms with van der Waals surface area (Å²) in [5.41, 5.74) is 0.878. The van der Waals surface area contributed by atoms with Crippen LogP contribution in [0.25, 0.3) is 0 Å². The Kier molecular flexibility index (Phi) is 7.81. The van der Waals surface area contributed by atoms with Crippen LogP contribution >= 0.6 is 19.8 Å². The van der Waals surface area contributed by atoms with Crippen LogP contribution in [0.1, 0.15) is 5.56 Å². The average Bonchev–Trinajstić information content (AvgIpc) is 2.77. The Hall–Kier alpha value is -2.56. The summed E-state index contributed by atoms with van der Waals surface area (Å²) in [6, 6.07) is 13.5. The van der Waals surface area contributed by atoms with E-state index < -0.39 is 19.8 Å². The monoisotopic (exact) mass is 555 g/mol. The van der Waals surface area contributed by atoms with Gasteiger partial charge in [0.1, 0.15) is 0 Å². The molecule has 3 rings (SSSR count). The average molecular weight is 555 g/mol. The standard InChI is InChI=1S/C23H31FIN5O2/c1-25(18-8-10-19(32-6)11-9-18)21-12-7-17(13-20(21)24)14-27(3)22(26-2)30-15-28(4)23(31)29(5)16-30/h7-13H,14-16H2,1-6H3. The van der Waals surface area contributed by atoms with Crippen LogP contribution in [0.2, 0.25) is 0 Å². The second kappa shape index (κ2) is 10.4. The molecule has 1 saturated heterocycles. The van der Waals surface area contributed by atoms with Crippen LogP contribution < -0.4 is 4.74 Å². The molecular weight excluding hydrogens is 524 g/mol. The molecule has 0 bridgehead atoms. The van der Waals surface area contributed by atoms with Gasteiger partial charge in [0, 0.05) is 0 Å². The number of nitrogens with zero attached hydrogens (tertiary/aromatic N) is 5. The fourth-order valence-electron chi connectivity index (χ4n) is 3.74. The maximum atomic E-state index is 15.1. The molecule has 0 aliphatic carbocycles. The number of rotatable bonds is 5. The van der Waals surface area contributed by atoms with E-state index in [-0.39, 0.29) is 11.8 Å². The molecule has 0 atom stereocenters. The molecule has 0 saturated carbocycles. The molecule has 1 heterocycles. The molecule has 0 spiro atoms. The van der Waals surface area contributed by atoms with E-state index in [1.807, 2.05) is 53.2 Å². The summed E-state index contributed by atoms with van der Waals surface area (Å²) in [4.78, 5) is 25.9. The van der Waals surface area contributed by atoms with E-state index >= 15 is 4.39 Å². The van der Waals surface area contributed by atoms with E-state index in [0.29, 0.717) is 19.9 Å². The van der Waals surface area contributed by atoms with Crippen LogP contribution in [0.5, 0.6) is 5.75 Å². The molecule has 1 fully saturated rings. The maximum absolute atomic E-state index is 15.1. The van der Waals surface area contributed by atoms with E-state index in [9.17, 15) is 4.79 Å². The molecule has 1 aliphatic heterocycles. The van der Waals surface area contributed by atoms with Gasteiger partial charge in [-0.3, -0.25) is 0 Å². The van der Waals surface area contributed by atoms with Crippen molar-refractivity contribution in [2.24, 2.45) is 4.99 Å². The van der Waals surface area contributed by atoms with Gasteiger partial charge in [-0.1, -0.05) is 0 Å². The molecule has 0 radical (unpaired) electrons. The summed E-state index contributed by atoms with van der Waals surface area (Å²) in [6.07, 6.45) is 0. The molecule has 7 nitrogen and oxygen atoms in total. The van der Waals surface area contributed by atoms with Crippen LogP contribution in [-0.4, -0.2) is 85.2 Å². The van der Waals surface area contributed by atoms with Gasteiger partial charge in [0.05, 0.1) is 0 Å². The molecule has 2 aromatic carbocycles. The summed E-state index contributed by atoms with van der Waals surface area (Å²) in [6.45, 7) is 1.43. The van der Waals surface area contributed by atoms with Gasteiger partial charge in [0.15, 0.2) is 0 Å². The first-order valence-electron chi connectivity index (χ1n) is 10.2. The van der Waals surface area contributed by atoms with E-state index in [4.69, 9.17) is 4.74 Å². The predicted octanol–water partition coefficient (Wildman–Crippen LogP) is 3.64. The van der Waals surface area contributed by atoms with Gasteiger partial charge >= 0.3 is 197 Å². The van der Waals surface area contributed by atoms with E-state index in [1.165, 1.54) is 3.57 Å². The number of guanidine groups is 1. The topological polar surface area (TPSA) is 51.6 Å². The molecule has 9 heteroatoms. The number of ether oxygens (including phenoxy) is 1. The Labute approximate surface area is 196 Å². The molecule has 174 valence electrons. The van der Waals surface area contributed by atoms with Crippen molar-refractivity contribution in [2.75, 3.05) is 53.6 Å². The number of alkyl halides is 1. The molecule has 2 amide bonds. The van der Waals surface area contributed by atoms with Gasteiger partial charge in [-0.2, -0.15) is 0 Å². The number of carbonyl (C=O) groups excluding carboxylic acids is 1.